The van der Waals surface area contributed by atoms with Gasteiger partial charge in [0.15, 0.2) is 0 Å². The maximum absolute atomic E-state index is 6.20. The van der Waals surface area contributed by atoms with Crippen LogP contribution in [0.4, 0.5) is 5.69 Å². The van der Waals surface area contributed by atoms with Crippen LogP contribution < -0.4 is 10.5 Å². The van der Waals surface area contributed by atoms with Gasteiger partial charge in [-0.05, 0) is 31.4 Å². The summed E-state index contributed by atoms with van der Waals surface area (Å²) >= 11 is 1.93. The van der Waals surface area contributed by atoms with E-state index in [0.29, 0.717) is 0 Å². The number of rotatable bonds is 5. The summed E-state index contributed by atoms with van der Waals surface area (Å²) in [6, 6.07) is 6.13. The van der Waals surface area contributed by atoms with E-state index < -0.39 is 0 Å². The van der Waals surface area contributed by atoms with Crippen LogP contribution >= 0.6 is 11.8 Å². The molecule has 0 atom stereocenters. The van der Waals surface area contributed by atoms with Crippen molar-refractivity contribution in [3.8, 4) is 5.75 Å². The molecule has 1 aliphatic rings. The molecular weight excluding hydrogens is 242 g/mol. The second-order valence-electron chi connectivity index (χ2n) is 4.89. The number of ether oxygens (including phenoxy) is 1. The van der Waals surface area contributed by atoms with E-state index >= 15 is 0 Å². The smallest absolute Gasteiger partial charge is 0.143 e. The van der Waals surface area contributed by atoms with Crippen molar-refractivity contribution in [1.29, 1.82) is 0 Å². The van der Waals surface area contributed by atoms with Gasteiger partial charge in [-0.2, -0.15) is 0 Å². The van der Waals surface area contributed by atoms with Crippen LogP contribution in [0.2, 0.25) is 0 Å². The summed E-state index contributed by atoms with van der Waals surface area (Å²) in [6.07, 6.45) is 7.78. The van der Waals surface area contributed by atoms with Gasteiger partial charge in [0.2, 0.25) is 0 Å². The lowest BCUT2D eigenvalue weighted by Gasteiger charge is -2.22. The van der Waals surface area contributed by atoms with E-state index in [1.165, 1.54) is 37.0 Å². The van der Waals surface area contributed by atoms with Crippen LogP contribution in [0, 0.1) is 0 Å². The molecule has 0 saturated heterocycles. The lowest BCUT2D eigenvalue weighted by atomic mass is 10.0. The zero-order valence-electron chi connectivity index (χ0n) is 11.2. The van der Waals surface area contributed by atoms with Crippen LogP contribution in [-0.2, 0) is 0 Å². The van der Waals surface area contributed by atoms with Gasteiger partial charge in [0.05, 0.1) is 12.3 Å². The summed E-state index contributed by atoms with van der Waals surface area (Å²) < 4.78 is 5.68. The molecule has 1 aromatic rings. The van der Waals surface area contributed by atoms with E-state index in [0.717, 1.165) is 29.7 Å². The summed E-state index contributed by atoms with van der Waals surface area (Å²) in [5.41, 5.74) is 7.02. The van der Waals surface area contributed by atoms with Gasteiger partial charge >= 0.3 is 0 Å². The van der Waals surface area contributed by atoms with Crippen LogP contribution in [0.15, 0.2) is 23.1 Å². The van der Waals surface area contributed by atoms with E-state index in [2.05, 4.69) is 13.0 Å². The number of anilines is 1. The molecule has 2 nitrogen and oxygen atoms in total. The van der Waals surface area contributed by atoms with Crippen molar-refractivity contribution in [1.82, 2.24) is 0 Å². The maximum atomic E-state index is 6.20. The molecule has 0 radical (unpaired) electrons. The third-order valence-corrected chi connectivity index (χ3v) is 4.75. The first-order valence-corrected chi connectivity index (χ1v) is 7.87. The lowest BCUT2D eigenvalue weighted by Crippen LogP contribution is -2.08. The Morgan fingerprint density at radius 2 is 2.06 bits per heavy atom. The fourth-order valence-electron chi connectivity index (χ4n) is 2.33. The van der Waals surface area contributed by atoms with E-state index in [9.17, 15) is 0 Å². The van der Waals surface area contributed by atoms with Gasteiger partial charge < -0.3 is 10.5 Å². The van der Waals surface area contributed by atoms with Gasteiger partial charge in [-0.25, -0.2) is 0 Å². The first-order valence-electron chi connectivity index (χ1n) is 6.99. The molecule has 2 N–H and O–H groups in total. The molecule has 1 saturated carbocycles. The Labute approximate surface area is 114 Å². The first kappa shape index (κ1) is 13.6. The fourth-order valence-corrected chi connectivity index (χ4v) is 3.64. The summed E-state index contributed by atoms with van der Waals surface area (Å²) in [4.78, 5) is 1.19. The fraction of sp³-hybridized carbons (Fsp3) is 0.600. The van der Waals surface area contributed by atoms with E-state index in [4.69, 9.17) is 10.5 Å². The molecule has 0 aliphatic heterocycles. The zero-order chi connectivity index (χ0) is 12.8. The van der Waals surface area contributed by atoms with Crippen LogP contribution in [0.25, 0.3) is 0 Å². The number of nitrogens with two attached hydrogens (primary N) is 1. The van der Waals surface area contributed by atoms with Gasteiger partial charge in [-0.15, -0.1) is 11.8 Å². The number of para-hydroxylation sites is 1. The Balaban J connectivity index is 2.02. The highest BCUT2D eigenvalue weighted by Crippen LogP contribution is 2.39. The average molecular weight is 265 g/mol. The predicted molar refractivity (Wildman–Crippen MR) is 79.4 cm³/mol. The molecule has 0 unspecified atom stereocenters. The van der Waals surface area contributed by atoms with Crippen molar-refractivity contribution in [3.05, 3.63) is 18.2 Å². The van der Waals surface area contributed by atoms with Crippen molar-refractivity contribution in [2.24, 2.45) is 0 Å². The highest BCUT2D eigenvalue weighted by atomic mass is 32.2. The number of nitrogen functional groups attached to an aromatic ring is 1. The Morgan fingerprint density at radius 3 is 2.78 bits per heavy atom. The molecular formula is C15H23NOS. The van der Waals surface area contributed by atoms with Crippen molar-refractivity contribution in [2.45, 2.75) is 55.6 Å². The Bertz CT molecular complexity index is 375. The topological polar surface area (TPSA) is 35.2 Å². The molecule has 2 rings (SSSR count). The molecule has 100 valence electrons. The number of benzene rings is 1. The van der Waals surface area contributed by atoms with Crippen molar-refractivity contribution in [2.75, 3.05) is 12.3 Å². The van der Waals surface area contributed by atoms with E-state index in [1.54, 1.807) is 0 Å². The van der Waals surface area contributed by atoms with Gasteiger partial charge in [-0.1, -0.05) is 32.3 Å². The second kappa shape index (κ2) is 6.93. The molecule has 0 aromatic heterocycles. The molecule has 0 amide bonds. The van der Waals surface area contributed by atoms with Gasteiger partial charge in [-0.3, -0.25) is 0 Å². The van der Waals surface area contributed by atoms with Crippen LogP contribution in [0.3, 0.4) is 0 Å². The third-order valence-electron chi connectivity index (χ3n) is 3.33. The van der Waals surface area contributed by atoms with E-state index in [1.807, 2.05) is 23.9 Å². The highest BCUT2D eigenvalue weighted by molar-refractivity contribution is 8.00. The Kier molecular flexibility index (Phi) is 5.24. The molecule has 18 heavy (non-hydrogen) atoms. The largest absolute Gasteiger partial charge is 0.491 e. The normalized spacial score (nSPS) is 16.7. The molecule has 1 aromatic carbocycles. The average Bonchev–Trinajstić information content (AvgIpc) is 2.41. The van der Waals surface area contributed by atoms with Gasteiger partial charge in [0.25, 0.3) is 0 Å². The summed E-state index contributed by atoms with van der Waals surface area (Å²) in [6.45, 7) is 2.85. The summed E-state index contributed by atoms with van der Waals surface area (Å²) in [5.74, 6) is 0.845. The minimum atomic E-state index is 0.738. The number of thioether (sulfide) groups is 1. The number of hydrogen-bond acceptors (Lipinski definition) is 3. The minimum absolute atomic E-state index is 0.738. The Hall–Kier alpha value is -0.830. The van der Waals surface area contributed by atoms with Gasteiger partial charge in [0, 0.05) is 10.1 Å². The van der Waals surface area contributed by atoms with Crippen LogP contribution in [-0.4, -0.2) is 11.9 Å². The zero-order valence-corrected chi connectivity index (χ0v) is 12.0. The molecule has 0 heterocycles. The molecule has 0 bridgehead atoms. The quantitative estimate of drug-likeness (QED) is 0.797. The Morgan fingerprint density at radius 1 is 1.28 bits per heavy atom. The molecule has 0 spiro atoms. The SMILES string of the molecule is CCCOc1cccc(SC2CCCCC2)c1N. The predicted octanol–water partition coefficient (Wildman–Crippen LogP) is 4.48. The van der Waals surface area contributed by atoms with Gasteiger partial charge in [0.1, 0.15) is 5.75 Å². The standard InChI is InChI=1S/C15H23NOS/c1-2-11-17-13-9-6-10-14(15(13)16)18-12-7-4-3-5-8-12/h6,9-10,12H,2-5,7-8,11,16H2,1H3. The molecule has 1 fully saturated rings. The highest BCUT2D eigenvalue weighted by Gasteiger charge is 2.16. The minimum Gasteiger partial charge on any atom is -0.491 e. The van der Waals surface area contributed by atoms with Crippen molar-refractivity contribution >= 4 is 17.4 Å². The first-order chi connectivity index (χ1) is 8.81. The summed E-state index contributed by atoms with van der Waals surface area (Å²) in [5, 5.41) is 0.738. The van der Waals surface area contributed by atoms with Crippen LogP contribution in [0.5, 0.6) is 5.75 Å². The third kappa shape index (κ3) is 3.58. The van der Waals surface area contributed by atoms with Crippen LogP contribution in [0.1, 0.15) is 45.4 Å². The van der Waals surface area contributed by atoms with Crippen molar-refractivity contribution in [3.63, 3.8) is 0 Å². The maximum Gasteiger partial charge on any atom is 0.143 e. The van der Waals surface area contributed by atoms with Crippen molar-refractivity contribution < 1.29 is 4.74 Å². The summed E-state index contributed by atoms with van der Waals surface area (Å²) in [7, 11) is 0. The monoisotopic (exact) mass is 265 g/mol. The molecule has 3 heteroatoms. The number of hydrogen-bond donors (Lipinski definition) is 1. The van der Waals surface area contributed by atoms with E-state index in [-0.39, 0.29) is 0 Å². The molecule has 1 aliphatic carbocycles. The lowest BCUT2D eigenvalue weighted by molar-refractivity contribution is 0.318. The second-order valence-corrected chi connectivity index (χ2v) is 6.24.